The van der Waals surface area contributed by atoms with Crippen molar-refractivity contribution >= 4 is 11.9 Å². The van der Waals surface area contributed by atoms with Gasteiger partial charge in [0, 0.05) is 11.1 Å². The molecular weight excluding hydrogens is 666 g/mol. The predicted octanol–water partition coefficient (Wildman–Crippen LogP) is 10.5. The molecule has 0 unspecified atom stereocenters. The highest BCUT2D eigenvalue weighted by Crippen LogP contribution is 2.48. The Hall–Kier alpha value is -6.52. The van der Waals surface area contributed by atoms with Crippen LogP contribution in [-0.4, -0.2) is 23.1 Å². The van der Waals surface area contributed by atoms with E-state index < -0.39 is 57.4 Å². The summed E-state index contributed by atoms with van der Waals surface area (Å²) in [5.74, 6) is -6.96. The summed E-state index contributed by atoms with van der Waals surface area (Å²) in [4.78, 5) is 27.2. The second-order valence-electron chi connectivity index (χ2n) is 13.6. The zero-order chi connectivity index (χ0) is 37.8. The number of hydrogen-bond donors (Lipinski definition) is 0. The molecule has 8 nitrogen and oxygen atoms in total. The van der Waals surface area contributed by atoms with Crippen LogP contribution in [0.1, 0.15) is 73.4 Å². The van der Waals surface area contributed by atoms with Gasteiger partial charge in [-0.25, -0.2) is 18.4 Å². The number of nitriles is 2. The maximum atomic E-state index is 16.6. The first-order chi connectivity index (χ1) is 24.6. The molecule has 0 amide bonds. The molecule has 5 aromatic carbocycles. The average Bonchev–Trinajstić information content (AvgIpc) is 3.10. The largest absolute Gasteiger partial charge is 0.456 e. The number of rotatable bonds is 8. The van der Waals surface area contributed by atoms with Gasteiger partial charge in [-0.05, 0) is 64.8 Å². The smallest absolute Gasteiger partial charge is 0.342 e. The Bertz CT molecular complexity index is 2080. The molecule has 262 valence electrons. The average molecular weight is 701 g/mol. The zero-order valence-corrected chi connectivity index (χ0v) is 29.3. The lowest BCUT2D eigenvalue weighted by Gasteiger charge is -2.24. The minimum Gasteiger partial charge on any atom is -0.456 e. The number of hydrogen-bond acceptors (Lipinski definition) is 8. The van der Waals surface area contributed by atoms with Gasteiger partial charge in [0.1, 0.15) is 57.1 Å². The van der Waals surface area contributed by atoms with Crippen LogP contribution in [0.4, 0.5) is 8.78 Å². The van der Waals surface area contributed by atoms with Gasteiger partial charge in [-0.3, -0.25) is 0 Å². The Labute approximate surface area is 300 Å². The van der Waals surface area contributed by atoms with E-state index >= 15 is 8.78 Å². The summed E-state index contributed by atoms with van der Waals surface area (Å²) in [5, 5.41) is 19.8. The molecule has 10 heteroatoms. The lowest BCUT2D eigenvalue weighted by Crippen LogP contribution is -2.24. The Morgan fingerprint density at radius 1 is 0.519 bits per heavy atom. The van der Waals surface area contributed by atoms with E-state index in [9.17, 15) is 20.1 Å². The summed E-state index contributed by atoms with van der Waals surface area (Å²) < 4.78 is 56.9. The van der Waals surface area contributed by atoms with Crippen molar-refractivity contribution in [2.75, 3.05) is 0 Å². The number of carbonyl (C=O) groups is 2. The third kappa shape index (κ3) is 7.93. The van der Waals surface area contributed by atoms with Gasteiger partial charge in [-0.1, -0.05) is 84.9 Å². The summed E-state index contributed by atoms with van der Waals surface area (Å²) in [6, 6.07) is 29.6. The van der Waals surface area contributed by atoms with E-state index in [0.29, 0.717) is 11.1 Å². The SMILES string of the molecule is CC(C)(C)OC(=O)c1cccc(-c2ccccc2)c1Oc1c(F)c(C#N)c(C#N)c(F)c1Oc1c(C(=O)OC(C)(C)C)cccc1-c1ccccc1. The Balaban J connectivity index is 1.82. The van der Waals surface area contributed by atoms with E-state index in [-0.39, 0.29) is 33.8 Å². The number of carbonyl (C=O) groups excluding carboxylic acids is 2. The van der Waals surface area contributed by atoms with Crippen LogP contribution < -0.4 is 9.47 Å². The van der Waals surface area contributed by atoms with Gasteiger partial charge in [-0.2, -0.15) is 10.5 Å². The predicted molar refractivity (Wildman–Crippen MR) is 190 cm³/mol. The normalized spacial score (nSPS) is 11.2. The van der Waals surface area contributed by atoms with Gasteiger partial charge in [0.25, 0.3) is 0 Å². The first kappa shape index (κ1) is 36.8. The lowest BCUT2D eigenvalue weighted by atomic mass is 10.00. The van der Waals surface area contributed by atoms with Crippen molar-refractivity contribution in [1.82, 2.24) is 0 Å². The molecule has 0 atom stereocenters. The lowest BCUT2D eigenvalue weighted by molar-refractivity contribution is 0.00537. The summed E-state index contributed by atoms with van der Waals surface area (Å²) in [6.45, 7) is 10.00. The minimum absolute atomic E-state index is 0.149. The van der Waals surface area contributed by atoms with Crippen LogP contribution in [0.25, 0.3) is 22.3 Å². The van der Waals surface area contributed by atoms with Crippen LogP contribution in [-0.2, 0) is 9.47 Å². The molecule has 0 fully saturated rings. The van der Waals surface area contributed by atoms with E-state index in [4.69, 9.17) is 18.9 Å². The van der Waals surface area contributed by atoms with Crippen LogP contribution in [0.15, 0.2) is 97.1 Å². The third-order valence-electron chi connectivity index (χ3n) is 7.36. The molecule has 0 saturated carbocycles. The van der Waals surface area contributed by atoms with Crippen LogP contribution in [0.3, 0.4) is 0 Å². The van der Waals surface area contributed by atoms with Crippen molar-refractivity contribution in [3.8, 4) is 57.4 Å². The number of nitrogens with zero attached hydrogens (tertiary/aromatic N) is 2. The molecule has 0 N–H and O–H groups in total. The van der Waals surface area contributed by atoms with Crippen molar-refractivity contribution in [2.45, 2.75) is 52.7 Å². The number of para-hydroxylation sites is 2. The molecule has 52 heavy (non-hydrogen) atoms. The fourth-order valence-corrected chi connectivity index (χ4v) is 5.21. The Morgan fingerprint density at radius 2 is 0.865 bits per heavy atom. The molecule has 0 aliphatic heterocycles. The van der Waals surface area contributed by atoms with E-state index in [1.807, 2.05) is 0 Å². The molecule has 5 rings (SSSR count). The maximum absolute atomic E-state index is 16.6. The van der Waals surface area contributed by atoms with Crippen LogP contribution in [0.2, 0.25) is 0 Å². The molecule has 0 aliphatic rings. The number of halogens is 2. The first-order valence-corrected chi connectivity index (χ1v) is 16.2. The van der Waals surface area contributed by atoms with Crippen LogP contribution in [0.5, 0.6) is 23.0 Å². The Kier molecular flexibility index (Phi) is 10.4. The van der Waals surface area contributed by atoms with Crippen molar-refractivity contribution in [2.24, 2.45) is 0 Å². The molecule has 0 aliphatic carbocycles. The van der Waals surface area contributed by atoms with Crippen LogP contribution >= 0.6 is 0 Å². The van der Waals surface area contributed by atoms with Crippen molar-refractivity contribution < 1.29 is 37.3 Å². The second-order valence-corrected chi connectivity index (χ2v) is 13.6. The number of esters is 2. The summed E-state index contributed by atoms with van der Waals surface area (Å²) in [7, 11) is 0. The summed E-state index contributed by atoms with van der Waals surface area (Å²) in [5.41, 5.74) is -2.43. The van der Waals surface area contributed by atoms with E-state index in [2.05, 4.69) is 0 Å². The first-order valence-electron chi connectivity index (χ1n) is 16.2. The molecule has 5 aromatic rings. The van der Waals surface area contributed by atoms with Gasteiger partial charge >= 0.3 is 11.9 Å². The minimum atomic E-state index is -1.44. The highest BCUT2D eigenvalue weighted by Gasteiger charge is 2.33. The number of benzene rings is 5. The van der Waals surface area contributed by atoms with Crippen molar-refractivity contribution in [3.63, 3.8) is 0 Å². The van der Waals surface area contributed by atoms with Gasteiger partial charge in [0.05, 0.1) is 0 Å². The van der Waals surface area contributed by atoms with Gasteiger partial charge in [-0.15, -0.1) is 0 Å². The quantitative estimate of drug-likeness (QED) is 0.147. The maximum Gasteiger partial charge on any atom is 0.342 e. The molecule has 0 bridgehead atoms. The third-order valence-corrected chi connectivity index (χ3v) is 7.36. The summed E-state index contributed by atoms with van der Waals surface area (Å²) in [6.07, 6.45) is 0. The topological polar surface area (TPSA) is 119 Å². The van der Waals surface area contributed by atoms with E-state index in [1.54, 1.807) is 139 Å². The fourth-order valence-electron chi connectivity index (χ4n) is 5.21. The van der Waals surface area contributed by atoms with Crippen molar-refractivity contribution in [3.05, 3.63) is 131 Å². The number of ether oxygens (including phenoxy) is 4. The van der Waals surface area contributed by atoms with E-state index in [1.165, 1.54) is 12.1 Å². The molecule has 0 heterocycles. The highest BCUT2D eigenvalue weighted by atomic mass is 19.1. The van der Waals surface area contributed by atoms with Crippen molar-refractivity contribution in [1.29, 1.82) is 10.5 Å². The Morgan fingerprint density at radius 3 is 1.17 bits per heavy atom. The zero-order valence-electron chi connectivity index (χ0n) is 29.3. The molecule has 0 radical (unpaired) electrons. The monoisotopic (exact) mass is 700 g/mol. The second kappa shape index (κ2) is 14.8. The highest BCUT2D eigenvalue weighted by molar-refractivity contribution is 5.97. The molecule has 0 aromatic heterocycles. The van der Waals surface area contributed by atoms with Gasteiger partial charge < -0.3 is 18.9 Å². The van der Waals surface area contributed by atoms with E-state index in [0.717, 1.165) is 0 Å². The standard InChI is InChI=1S/C42H34F2N2O6/c1-41(2,3)51-39(47)29-21-13-19-27(25-15-9-7-10-16-25)35(29)49-37-33(43)31(23-45)32(24-46)34(44)38(37)50-36-28(26-17-11-8-12-18-26)20-14-22-30(36)40(48)52-42(4,5)6/h7-22H,1-6H3. The summed E-state index contributed by atoms with van der Waals surface area (Å²) >= 11 is 0. The molecule has 0 saturated heterocycles. The van der Waals surface area contributed by atoms with Gasteiger partial charge in [0.2, 0.25) is 11.5 Å². The molecular formula is C42H34F2N2O6. The van der Waals surface area contributed by atoms with Crippen LogP contribution in [0, 0.1) is 34.3 Å². The molecule has 0 spiro atoms. The fraction of sp³-hybridized carbons (Fsp3) is 0.190. The van der Waals surface area contributed by atoms with Gasteiger partial charge in [0.15, 0.2) is 11.6 Å².